The van der Waals surface area contributed by atoms with Crippen molar-refractivity contribution in [3.05, 3.63) is 35.4 Å². The molecule has 1 heterocycles. The van der Waals surface area contributed by atoms with Crippen LogP contribution in [0.25, 0.3) is 0 Å². The zero-order valence-electron chi connectivity index (χ0n) is 11.4. The first kappa shape index (κ1) is 13.7. The monoisotopic (exact) mass is 296 g/mol. The van der Waals surface area contributed by atoms with Gasteiger partial charge in [-0.2, -0.15) is 0 Å². The molecule has 5 heteroatoms. The summed E-state index contributed by atoms with van der Waals surface area (Å²) < 4.78 is 26.9. The Labute approximate surface area is 122 Å². The van der Waals surface area contributed by atoms with Crippen molar-refractivity contribution >= 4 is 17.3 Å². The molecule has 2 fully saturated rings. The van der Waals surface area contributed by atoms with E-state index in [4.69, 9.17) is 18.0 Å². The molecule has 1 aromatic carbocycles. The lowest BCUT2D eigenvalue weighted by Gasteiger charge is -2.28. The number of hydrogen-bond donors (Lipinski definition) is 1. The van der Waals surface area contributed by atoms with E-state index in [1.54, 1.807) is 0 Å². The molecule has 0 amide bonds. The van der Waals surface area contributed by atoms with Gasteiger partial charge in [-0.25, -0.2) is 8.78 Å². The lowest BCUT2D eigenvalue weighted by Crippen LogP contribution is -2.36. The van der Waals surface area contributed by atoms with Crippen molar-refractivity contribution < 1.29 is 8.78 Å². The highest BCUT2D eigenvalue weighted by atomic mass is 32.1. The van der Waals surface area contributed by atoms with E-state index in [1.807, 2.05) is 4.90 Å². The fraction of sp³-hybridized carbons (Fsp3) is 0.533. The molecule has 0 bridgehead atoms. The highest BCUT2D eigenvalue weighted by Gasteiger charge is 2.63. The molecule has 2 N–H and O–H groups in total. The van der Waals surface area contributed by atoms with E-state index in [0.717, 1.165) is 37.6 Å². The van der Waals surface area contributed by atoms with E-state index >= 15 is 0 Å². The highest BCUT2D eigenvalue weighted by Crippen LogP contribution is 2.65. The van der Waals surface area contributed by atoms with E-state index in [2.05, 4.69) is 6.92 Å². The molecule has 1 aromatic rings. The Balaban J connectivity index is 1.90. The second-order valence-electron chi connectivity index (χ2n) is 6.02. The van der Waals surface area contributed by atoms with Gasteiger partial charge in [0.05, 0.1) is 0 Å². The van der Waals surface area contributed by atoms with Crippen LogP contribution in [0.1, 0.15) is 31.2 Å². The number of piperidine rings is 1. The lowest BCUT2D eigenvalue weighted by atomic mass is 9.80. The van der Waals surface area contributed by atoms with Gasteiger partial charge in [0.25, 0.3) is 0 Å². The number of rotatable bonds is 3. The fourth-order valence-corrected chi connectivity index (χ4v) is 4.12. The molecule has 3 atom stereocenters. The number of nitrogens with zero attached hydrogens (tertiary/aromatic N) is 1. The molecule has 1 saturated heterocycles. The summed E-state index contributed by atoms with van der Waals surface area (Å²) in [5.41, 5.74) is 6.56. The van der Waals surface area contributed by atoms with Crippen LogP contribution < -0.4 is 5.73 Å². The molecule has 108 valence electrons. The summed E-state index contributed by atoms with van der Waals surface area (Å²) in [6.45, 7) is 3.76. The Morgan fingerprint density at radius 3 is 2.60 bits per heavy atom. The fourth-order valence-electron chi connectivity index (χ4n) is 3.98. The molecule has 2 nitrogen and oxygen atoms in total. The minimum absolute atomic E-state index is 0.0956. The van der Waals surface area contributed by atoms with Crippen LogP contribution in [-0.2, 0) is 0 Å². The Kier molecular flexibility index (Phi) is 3.20. The summed E-state index contributed by atoms with van der Waals surface area (Å²) in [6, 6.07) is 3.85. The van der Waals surface area contributed by atoms with Crippen molar-refractivity contribution in [3.8, 4) is 0 Å². The van der Waals surface area contributed by atoms with Gasteiger partial charge in [0.15, 0.2) is 5.11 Å². The smallest absolute Gasteiger partial charge is 0.166 e. The molecule has 2 aliphatic rings. The third-order valence-corrected chi connectivity index (χ3v) is 5.16. The largest absolute Gasteiger partial charge is 0.376 e. The molecule has 3 unspecified atom stereocenters. The first-order valence-corrected chi connectivity index (χ1v) is 7.37. The molecule has 1 saturated carbocycles. The van der Waals surface area contributed by atoms with Crippen molar-refractivity contribution in [2.75, 3.05) is 13.1 Å². The molecule has 3 rings (SSSR count). The van der Waals surface area contributed by atoms with E-state index in [9.17, 15) is 8.78 Å². The third-order valence-electron chi connectivity index (χ3n) is 4.91. The van der Waals surface area contributed by atoms with Crippen molar-refractivity contribution in [1.29, 1.82) is 0 Å². The van der Waals surface area contributed by atoms with Gasteiger partial charge in [-0.1, -0.05) is 6.92 Å². The minimum Gasteiger partial charge on any atom is -0.376 e. The quantitative estimate of drug-likeness (QED) is 0.869. The zero-order chi connectivity index (χ0) is 14.5. The van der Waals surface area contributed by atoms with E-state index < -0.39 is 11.6 Å². The van der Waals surface area contributed by atoms with E-state index in [-0.39, 0.29) is 11.3 Å². The predicted molar refractivity (Wildman–Crippen MR) is 78.3 cm³/mol. The number of fused-ring (bicyclic) bond motifs is 1. The Hall–Kier alpha value is -1.23. The summed E-state index contributed by atoms with van der Waals surface area (Å²) >= 11 is 5.04. The van der Waals surface area contributed by atoms with Gasteiger partial charge in [-0.15, -0.1) is 0 Å². The van der Waals surface area contributed by atoms with Crippen molar-refractivity contribution in [2.24, 2.45) is 17.1 Å². The molecule has 0 aromatic heterocycles. The summed E-state index contributed by atoms with van der Waals surface area (Å²) in [5.74, 6) is -0.301. The van der Waals surface area contributed by atoms with Crippen LogP contribution in [0.5, 0.6) is 0 Å². The Morgan fingerprint density at radius 1 is 1.45 bits per heavy atom. The molecular formula is C15H18F2N2S. The Morgan fingerprint density at radius 2 is 2.10 bits per heavy atom. The van der Waals surface area contributed by atoms with Crippen LogP contribution in [0.3, 0.4) is 0 Å². The van der Waals surface area contributed by atoms with Gasteiger partial charge in [-0.3, -0.25) is 0 Å². The standard InChI is InChI=1S/C15H18F2N2S/c1-2-13(9-3-11(16)5-12(17)4-9)15-6-10(15)7-19(8-15)14(18)20/h3-5,10,13H,2,6-8H2,1H3,(H2,18,20). The first-order valence-electron chi connectivity index (χ1n) is 6.96. The van der Waals surface area contributed by atoms with Gasteiger partial charge < -0.3 is 10.6 Å². The van der Waals surface area contributed by atoms with Crippen LogP contribution in [0.15, 0.2) is 18.2 Å². The van der Waals surface area contributed by atoms with Crippen molar-refractivity contribution in [1.82, 2.24) is 4.90 Å². The summed E-state index contributed by atoms with van der Waals surface area (Å²) in [7, 11) is 0. The number of halogens is 2. The number of benzene rings is 1. The maximum atomic E-state index is 13.5. The number of thiocarbonyl (C=S) groups is 1. The molecule has 0 radical (unpaired) electrons. The maximum absolute atomic E-state index is 13.5. The third kappa shape index (κ3) is 2.08. The first-order chi connectivity index (χ1) is 9.46. The normalized spacial score (nSPS) is 29.1. The minimum atomic E-state index is -0.503. The molecule has 0 spiro atoms. The topological polar surface area (TPSA) is 29.3 Å². The average Bonchev–Trinajstić information content (AvgIpc) is 2.90. The number of hydrogen-bond acceptors (Lipinski definition) is 1. The van der Waals surface area contributed by atoms with Crippen LogP contribution in [0, 0.1) is 23.0 Å². The second kappa shape index (κ2) is 4.65. The van der Waals surface area contributed by atoms with E-state index in [1.165, 1.54) is 12.1 Å². The SMILES string of the molecule is CCC(c1cc(F)cc(F)c1)C12CC1CN(C(N)=S)C2. The van der Waals surface area contributed by atoms with Crippen LogP contribution in [0.2, 0.25) is 0 Å². The average molecular weight is 296 g/mol. The Bertz CT molecular complexity index is 543. The van der Waals surface area contributed by atoms with Crippen LogP contribution >= 0.6 is 12.2 Å². The van der Waals surface area contributed by atoms with Gasteiger partial charge in [0, 0.05) is 19.2 Å². The zero-order valence-corrected chi connectivity index (χ0v) is 12.2. The van der Waals surface area contributed by atoms with Gasteiger partial charge >= 0.3 is 0 Å². The van der Waals surface area contributed by atoms with Crippen molar-refractivity contribution in [3.63, 3.8) is 0 Å². The lowest BCUT2D eigenvalue weighted by molar-refractivity contribution is 0.342. The van der Waals surface area contributed by atoms with E-state index in [0.29, 0.717) is 11.0 Å². The number of nitrogens with two attached hydrogens (primary N) is 1. The maximum Gasteiger partial charge on any atom is 0.166 e. The van der Waals surface area contributed by atoms with Gasteiger partial charge in [0.1, 0.15) is 11.6 Å². The summed E-state index contributed by atoms with van der Waals surface area (Å²) in [5, 5.41) is 0.428. The van der Waals surface area contributed by atoms with Gasteiger partial charge in [0.2, 0.25) is 0 Å². The molecule has 20 heavy (non-hydrogen) atoms. The molecule has 1 aliphatic carbocycles. The highest BCUT2D eigenvalue weighted by molar-refractivity contribution is 7.80. The molecular weight excluding hydrogens is 278 g/mol. The predicted octanol–water partition coefficient (Wildman–Crippen LogP) is 3.02. The second-order valence-corrected chi connectivity index (χ2v) is 6.43. The summed E-state index contributed by atoms with van der Waals surface area (Å²) in [6.07, 6.45) is 1.97. The summed E-state index contributed by atoms with van der Waals surface area (Å²) in [4.78, 5) is 2.02. The number of likely N-dealkylation sites (tertiary alicyclic amines) is 1. The van der Waals surface area contributed by atoms with Crippen LogP contribution in [0.4, 0.5) is 8.78 Å². The van der Waals surface area contributed by atoms with Crippen LogP contribution in [-0.4, -0.2) is 23.1 Å². The van der Waals surface area contributed by atoms with Crippen molar-refractivity contribution in [2.45, 2.75) is 25.7 Å². The molecule has 1 aliphatic heterocycles. The van der Waals surface area contributed by atoms with Gasteiger partial charge in [-0.05, 0) is 60.0 Å².